The third kappa shape index (κ3) is 4.15. The van der Waals surface area contributed by atoms with Crippen molar-refractivity contribution in [1.82, 2.24) is 5.32 Å². The Bertz CT molecular complexity index is 881. The highest BCUT2D eigenvalue weighted by Crippen LogP contribution is 2.44. The maximum atomic E-state index is 14.8. The van der Waals surface area contributed by atoms with Gasteiger partial charge in [0.2, 0.25) is 0 Å². The SMILES string of the molecule is COC(=O)C1=C(CF)NC(C)=C(C(=O)OC(C)C)C1c1c(F)ccc(Cl)c1Cl. The Balaban J connectivity index is 2.84. The standard InChI is InChI=1S/C19H19Cl2F2NO4/c1-8(2)28-19(26)13-9(3)24-12(7-22)15(18(25)27-4)16(13)14-11(23)6-5-10(20)17(14)21/h5-6,8,16,24H,7H2,1-4H3. The highest BCUT2D eigenvalue weighted by molar-refractivity contribution is 6.42. The maximum absolute atomic E-state index is 14.8. The maximum Gasteiger partial charge on any atom is 0.337 e. The van der Waals surface area contributed by atoms with Gasteiger partial charge >= 0.3 is 11.9 Å². The van der Waals surface area contributed by atoms with Gasteiger partial charge in [0.15, 0.2) is 0 Å². The summed E-state index contributed by atoms with van der Waals surface area (Å²) < 4.78 is 38.5. The van der Waals surface area contributed by atoms with Crippen LogP contribution in [0, 0.1) is 5.82 Å². The van der Waals surface area contributed by atoms with Gasteiger partial charge in [-0.3, -0.25) is 0 Å². The van der Waals surface area contributed by atoms with Gasteiger partial charge in [-0.25, -0.2) is 18.4 Å². The molecule has 1 aliphatic heterocycles. The smallest absolute Gasteiger partial charge is 0.337 e. The number of methoxy groups -OCH3 is 1. The largest absolute Gasteiger partial charge is 0.466 e. The first-order valence-electron chi connectivity index (χ1n) is 8.33. The van der Waals surface area contributed by atoms with Gasteiger partial charge in [0.25, 0.3) is 0 Å². The van der Waals surface area contributed by atoms with Crippen molar-refractivity contribution in [1.29, 1.82) is 0 Å². The minimum atomic E-state index is -1.36. The third-order valence-electron chi connectivity index (χ3n) is 4.11. The number of carbonyl (C=O) groups excluding carboxylic acids is 2. The minimum absolute atomic E-state index is 0.0110. The Morgan fingerprint density at radius 2 is 1.86 bits per heavy atom. The van der Waals surface area contributed by atoms with E-state index in [1.165, 1.54) is 13.0 Å². The van der Waals surface area contributed by atoms with Gasteiger partial charge < -0.3 is 14.8 Å². The lowest BCUT2D eigenvalue weighted by Gasteiger charge is -2.31. The molecular formula is C19H19Cl2F2NO4. The molecule has 1 aliphatic rings. The van der Waals surface area contributed by atoms with E-state index in [9.17, 15) is 18.4 Å². The van der Waals surface area contributed by atoms with Crippen molar-refractivity contribution in [2.45, 2.75) is 32.8 Å². The van der Waals surface area contributed by atoms with Crippen LogP contribution in [0.4, 0.5) is 8.78 Å². The average molecular weight is 434 g/mol. The molecule has 0 spiro atoms. The number of esters is 2. The minimum Gasteiger partial charge on any atom is -0.466 e. The van der Waals surface area contributed by atoms with Gasteiger partial charge in [0.1, 0.15) is 12.5 Å². The molecule has 28 heavy (non-hydrogen) atoms. The number of allylic oxidation sites excluding steroid dienone is 2. The van der Waals surface area contributed by atoms with E-state index < -0.39 is 36.5 Å². The van der Waals surface area contributed by atoms with Crippen molar-refractivity contribution < 1.29 is 27.8 Å². The molecule has 1 aromatic carbocycles. The monoisotopic (exact) mass is 433 g/mol. The highest BCUT2D eigenvalue weighted by atomic mass is 35.5. The van der Waals surface area contributed by atoms with Crippen molar-refractivity contribution in [3.8, 4) is 0 Å². The number of hydrogen-bond donors (Lipinski definition) is 1. The zero-order valence-corrected chi connectivity index (χ0v) is 17.2. The molecule has 152 valence electrons. The highest BCUT2D eigenvalue weighted by Gasteiger charge is 2.41. The van der Waals surface area contributed by atoms with E-state index in [0.717, 1.165) is 13.2 Å². The number of nitrogens with one attached hydrogen (secondary N) is 1. The summed E-state index contributed by atoms with van der Waals surface area (Å²) in [7, 11) is 1.09. The lowest BCUT2D eigenvalue weighted by Crippen LogP contribution is -2.34. The topological polar surface area (TPSA) is 64.6 Å². The fourth-order valence-electron chi connectivity index (χ4n) is 3.00. The number of rotatable bonds is 5. The van der Waals surface area contributed by atoms with Crippen molar-refractivity contribution in [3.63, 3.8) is 0 Å². The van der Waals surface area contributed by atoms with E-state index in [-0.39, 0.29) is 38.1 Å². The quantitative estimate of drug-likeness (QED) is 0.549. The van der Waals surface area contributed by atoms with Crippen LogP contribution < -0.4 is 5.32 Å². The lowest BCUT2D eigenvalue weighted by molar-refractivity contribution is -0.143. The van der Waals surface area contributed by atoms with Gasteiger partial charge in [-0.1, -0.05) is 23.2 Å². The van der Waals surface area contributed by atoms with E-state index in [1.54, 1.807) is 13.8 Å². The van der Waals surface area contributed by atoms with Crippen LogP contribution in [0.3, 0.4) is 0 Å². The Hall–Kier alpha value is -2.12. The second-order valence-electron chi connectivity index (χ2n) is 6.33. The van der Waals surface area contributed by atoms with Gasteiger partial charge in [-0.15, -0.1) is 0 Å². The summed E-state index contributed by atoms with van der Waals surface area (Å²) in [5, 5.41) is 2.49. The predicted molar refractivity (Wildman–Crippen MR) is 101 cm³/mol. The predicted octanol–water partition coefficient (Wildman–Crippen LogP) is 4.44. The van der Waals surface area contributed by atoms with Gasteiger partial charge in [0, 0.05) is 11.3 Å². The summed E-state index contributed by atoms with van der Waals surface area (Å²) in [6.07, 6.45) is -0.485. The fraction of sp³-hybridized carbons (Fsp3) is 0.368. The zero-order chi connectivity index (χ0) is 21.2. The van der Waals surface area contributed by atoms with Gasteiger partial charge in [-0.05, 0) is 32.9 Å². The summed E-state index contributed by atoms with van der Waals surface area (Å²) in [4.78, 5) is 25.2. The number of carbonyl (C=O) groups is 2. The Morgan fingerprint density at radius 3 is 2.39 bits per heavy atom. The lowest BCUT2D eigenvalue weighted by atomic mass is 9.80. The fourth-order valence-corrected chi connectivity index (χ4v) is 3.42. The first-order valence-corrected chi connectivity index (χ1v) is 9.09. The molecular weight excluding hydrogens is 415 g/mol. The molecule has 1 atom stereocenters. The van der Waals surface area contributed by atoms with E-state index in [1.807, 2.05) is 0 Å². The van der Waals surface area contributed by atoms with Crippen LogP contribution >= 0.6 is 23.2 Å². The van der Waals surface area contributed by atoms with Crippen LogP contribution in [0.5, 0.6) is 0 Å². The van der Waals surface area contributed by atoms with Crippen LogP contribution in [-0.2, 0) is 19.1 Å². The van der Waals surface area contributed by atoms with E-state index in [0.29, 0.717) is 0 Å². The molecule has 9 heteroatoms. The number of halogens is 4. The molecule has 5 nitrogen and oxygen atoms in total. The molecule has 1 N–H and O–H groups in total. The molecule has 0 aromatic heterocycles. The van der Waals surface area contributed by atoms with E-state index in [4.69, 9.17) is 32.7 Å². The number of dihydropyridines is 1. The third-order valence-corrected chi connectivity index (χ3v) is 4.93. The molecule has 1 heterocycles. The van der Waals surface area contributed by atoms with Crippen LogP contribution in [0.1, 0.15) is 32.3 Å². The molecule has 0 saturated heterocycles. The van der Waals surface area contributed by atoms with Crippen molar-refractivity contribution in [2.75, 3.05) is 13.8 Å². The van der Waals surface area contributed by atoms with Crippen LogP contribution in [-0.4, -0.2) is 31.8 Å². The van der Waals surface area contributed by atoms with Crippen molar-refractivity contribution in [2.24, 2.45) is 0 Å². The van der Waals surface area contributed by atoms with Crippen molar-refractivity contribution >= 4 is 35.1 Å². The first-order chi connectivity index (χ1) is 13.1. The molecule has 0 amide bonds. The first kappa shape index (κ1) is 22.2. The van der Waals surface area contributed by atoms with Crippen molar-refractivity contribution in [3.05, 3.63) is 56.1 Å². The second-order valence-corrected chi connectivity index (χ2v) is 7.11. The Morgan fingerprint density at radius 1 is 1.21 bits per heavy atom. The zero-order valence-electron chi connectivity index (χ0n) is 15.7. The Labute approximate surface area is 171 Å². The van der Waals surface area contributed by atoms with Crippen LogP contribution in [0.25, 0.3) is 0 Å². The van der Waals surface area contributed by atoms with Crippen LogP contribution in [0.2, 0.25) is 10.0 Å². The summed E-state index contributed by atoms with van der Waals surface area (Å²) in [6, 6.07) is 2.29. The molecule has 0 fully saturated rings. The molecule has 0 radical (unpaired) electrons. The molecule has 0 saturated carbocycles. The van der Waals surface area contributed by atoms with E-state index in [2.05, 4.69) is 5.32 Å². The summed E-state index contributed by atoms with van der Waals surface area (Å²) in [6.45, 7) is 3.68. The van der Waals surface area contributed by atoms with E-state index >= 15 is 0 Å². The molecule has 1 unspecified atom stereocenters. The average Bonchev–Trinajstić information content (AvgIpc) is 2.63. The molecule has 0 aliphatic carbocycles. The van der Waals surface area contributed by atoms with Gasteiger partial charge in [0.05, 0.1) is 46.0 Å². The number of alkyl halides is 1. The molecule has 0 bridgehead atoms. The molecule has 2 rings (SSSR count). The van der Waals surface area contributed by atoms with Gasteiger partial charge in [-0.2, -0.15) is 0 Å². The summed E-state index contributed by atoms with van der Waals surface area (Å²) in [5.74, 6) is -3.93. The molecule has 1 aromatic rings. The normalized spacial score (nSPS) is 17.0. The van der Waals surface area contributed by atoms with Crippen LogP contribution in [0.15, 0.2) is 34.7 Å². The number of hydrogen-bond acceptors (Lipinski definition) is 5. The number of ether oxygens (including phenoxy) is 2. The summed E-state index contributed by atoms with van der Waals surface area (Å²) >= 11 is 12.3. The Kier molecular flexibility index (Phi) is 7.06. The summed E-state index contributed by atoms with van der Waals surface area (Å²) in [5.41, 5.74) is -0.571. The number of benzene rings is 1. The second kappa shape index (κ2) is 8.92.